The minimum Gasteiger partial charge on any atom is -0.506 e. The number of para-hydroxylation sites is 1. The molecule has 12 heteroatoms. The van der Waals surface area contributed by atoms with Crippen LogP contribution in [0.1, 0.15) is 48.3 Å². The lowest BCUT2D eigenvalue weighted by molar-refractivity contribution is -0.137. The van der Waals surface area contributed by atoms with Crippen molar-refractivity contribution in [3.8, 4) is 5.75 Å². The Hall–Kier alpha value is -3.64. The summed E-state index contributed by atoms with van der Waals surface area (Å²) in [5, 5.41) is 13.3. The fraction of sp³-hybridized carbons (Fsp3) is 0.412. The summed E-state index contributed by atoms with van der Waals surface area (Å²) in [6.45, 7) is 2.76. The first-order valence-electron chi connectivity index (χ1n) is 15.7. The lowest BCUT2D eigenvalue weighted by Crippen LogP contribution is -2.57. The van der Waals surface area contributed by atoms with Crippen LogP contribution >= 0.6 is 31.9 Å². The number of halogens is 2. The highest BCUT2D eigenvalue weighted by Gasteiger charge is 2.37. The molecule has 1 aromatic heterocycles. The average molecular weight is 755 g/mol. The third-order valence-electron chi connectivity index (χ3n) is 9.58. The number of phenols is 1. The molecule has 5 amide bonds. The number of phenolic OH excluding ortho intramolecular Hbond substituents is 1. The maximum Gasteiger partial charge on any atom is 0.322 e. The Morgan fingerprint density at radius 2 is 1.61 bits per heavy atom. The number of urea groups is 2. The Labute approximate surface area is 286 Å². The number of likely N-dealkylation sites (tertiary alicyclic amines) is 2. The summed E-state index contributed by atoms with van der Waals surface area (Å²) in [4.78, 5) is 52.3. The van der Waals surface area contributed by atoms with Crippen molar-refractivity contribution < 1.29 is 19.5 Å². The van der Waals surface area contributed by atoms with Crippen LogP contribution in [0.25, 0.3) is 0 Å². The molecule has 46 heavy (non-hydrogen) atoms. The molecule has 0 saturated carbocycles. The number of hydrogen-bond acceptors (Lipinski definition) is 5. The van der Waals surface area contributed by atoms with Gasteiger partial charge in [0.25, 0.3) is 0 Å². The molecular weight excluding hydrogens is 716 g/mol. The summed E-state index contributed by atoms with van der Waals surface area (Å²) in [6, 6.07) is 14.5. The number of anilines is 1. The molecule has 2 aromatic carbocycles. The minimum absolute atomic E-state index is 0.0218. The van der Waals surface area contributed by atoms with Crippen LogP contribution in [0, 0.1) is 0 Å². The molecule has 0 spiro atoms. The van der Waals surface area contributed by atoms with Gasteiger partial charge < -0.3 is 30.0 Å². The van der Waals surface area contributed by atoms with E-state index in [9.17, 15) is 19.5 Å². The highest BCUT2D eigenvalue weighted by Crippen LogP contribution is 2.35. The molecular formula is C34H38Br2N6O4. The molecule has 0 aliphatic carbocycles. The largest absolute Gasteiger partial charge is 0.506 e. The number of aromatic hydroxyl groups is 1. The minimum atomic E-state index is -0.726. The summed E-state index contributed by atoms with van der Waals surface area (Å²) in [5.41, 5.74) is 3.98. The van der Waals surface area contributed by atoms with Gasteiger partial charge >= 0.3 is 12.1 Å². The molecule has 3 aromatic rings. The first-order chi connectivity index (χ1) is 22.2. The fourth-order valence-electron chi connectivity index (χ4n) is 6.87. The highest BCUT2D eigenvalue weighted by atomic mass is 79.9. The van der Waals surface area contributed by atoms with Crippen LogP contribution in [0.4, 0.5) is 15.3 Å². The molecule has 242 valence electrons. The van der Waals surface area contributed by atoms with E-state index in [1.165, 1.54) is 5.56 Å². The van der Waals surface area contributed by atoms with Crippen LogP contribution in [0.5, 0.6) is 5.75 Å². The number of carbonyl (C=O) groups excluding carboxylic acids is 3. The van der Waals surface area contributed by atoms with Crippen molar-refractivity contribution in [1.82, 2.24) is 24.6 Å². The number of pyridine rings is 1. The van der Waals surface area contributed by atoms with E-state index in [0.29, 0.717) is 66.8 Å². The Kier molecular flexibility index (Phi) is 9.84. The van der Waals surface area contributed by atoms with E-state index in [-0.39, 0.29) is 29.8 Å². The zero-order chi connectivity index (χ0) is 32.4. The van der Waals surface area contributed by atoms with Gasteiger partial charge in [0.1, 0.15) is 11.8 Å². The molecule has 2 N–H and O–H groups in total. The molecule has 10 nitrogen and oxygen atoms in total. The van der Waals surface area contributed by atoms with Gasteiger partial charge in [0.15, 0.2) is 0 Å². The highest BCUT2D eigenvalue weighted by molar-refractivity contribution is 9.11. The predicted octanol–water partition coefficient (Wildman–Crippen LogP) is 6.19. The van der Waals surface area contributed by atoms with E-state index in [2.05, 4.69) is 42.2 Å². The Morgan fingerprint density at radius 3 is 2.28 bits per heavy atom. The van der Waals surface area contributed by atoms with E-state index in [0.717, 1.165) is 29.7 Å². The van der Waals surface area contributed by atoms with E-state index in [1.807, 2.05) is 46.2 Å². The van der Waals surface area contributed by atoms with Gasteiger partial charge in [0.2, 0.25) is 5.91 Å². The number of fused-ring (bicyclic) bond motifs is 1. The monoisotopic (exact) mass is 752 g/mol. The summed E-state index contributed by atoms with van der Waals surface area (Å²) in [7, 11) is 1.71. The number of piperidine rings is 2. The van der Waals surface area contributed by atoms with Crippen LogP contribution in [0.2, 0.25) is 0 Å². The van der Waals surface area contributed by atoms with Crippen molar-refractivity contribution in [2.75, 3.05) is 38.5 Å². The Morgan fingerprint density at radius 1 is 0.978 bits per heavy atom. The number of amides is 5. The number of nitrogens with zero attached hydrogens (tertiary/aromatic N) is 5. The van der Waals surface area contributed by atoms with Gasteiger partial charge in [0.05, 0.1) is 8.95 Å². The van der Waals surface area contributed by atoms with Gasteiger partial charge in [-0.1, -0.05) is 18.2 Å². The van der Waals surface area contributed by atoms with E-state index in [1.54, 1.807) is 41.4 Å². The topological polar surface area (TPSA) is 109 Å². The van der Waals surface area contributed by atoms with Crippen molar-refractivity contribution in [2.24, 2.45) is 0 Å². The number of carbonyl (C=O) groups is 3. The first kappa shape index (κ1) is 32.3. The third kappa shape index (κ3) is 6.88. The van der Waals surface area contributed by atoms with E-state index >= 15 is 0 Å². The average Bonchev–Trinajstić information content (AvgIpc) is 3.09. The van der Waals surface area contributed by atoms with Gasteiger partial charge in [-0.05, 0) is 110 Å². The molecule has 3 aliphatic heterocycles. The van der Waals surface area contributed by atoms with E-state index < -0.39 is 6.04 Å². The standard InChI is InChI=1S/C34H38Br2N6O4/c1-39(34(46)41-16-10-26(11-17-41)42-21-25-4-2-3-5-29(25)38-33(42)45)30(20-22-18-27(35)31(43)28(36)19-22)32(44)40-14-8-24(9-15-40)23-6-12-37-13-7-23/h2-7,12-13,18-19,24,26,30,43H,8-11,14-17,20-21H2,1H3,(H,38,45)/t30-/m1/s1. The first-order valence-corrected chi connectivity index (χ1v) is 17.3. The third-order valence-corrected chi connectivity index (χ3v) is 10.8. The van der Waals surface area contributed by atoms with Gasteiger partial charge in [-0.25, -0.2) is 9.59 Å². The van der Waals surface area contributed by atoms with Crippen molar-refractivity contribution >= 4 is 55.5 Å². The molecule has 1 atom stereocenters. The van der Waals surface area contributed by atoms with Crippen molar-refractivity contribution in [3.05, 3.63) is 86.6 Å². The van der Waals surface area contributed by atoms with E-state index in [4.69, 9.17) is 0 Å². The van der Waals surface area contributed by atoms with Crippen molar-refractivity contribution in [2.45, 2.75) is 56.7 Å². The normalized spacial score (nSPS) is 18.2. The summed E-state index contributed by atoms with van der Waals surface area (Å²) in [6.07, 6.45) is 6.92. The van der Waals surface area contributed by atoms with Gasteiger partial charge in [-0.15, -0.1) is 0 Å². The SMILES string of the molecule is CN(C(=O)N1CCC(N2Cc3ccccc3NC2=O)CC1)[C@H](Cc1cc(Br)c(O)c(Br)c1)C(=O)N1CCC(c2ccncc2)CC1. The molecule has 0 unspecified atom stereocenters. The maximum atomic E-state index is 14.2. The molecule has 0 bridgehead atoms. The summed E-state index contributed by atoms with van der Waals surface area (Å²) < 4.78 is 1.03. The smallest absolute Gasteiger partial charge is 0.322 e. The molecule has 3 aliphatic rings. The second kappa shape index (κ2) is 14.0. The van der Waals surface area contributed by atoms with Gasteiger partial charge in [-0.2, -0.15) is 0 Å². The number of likely N-dealkylation sites (N-methyl/N-ethyl adjacent to an activating group) is 1. The van der Waals surface area contributed by atoms with Crippen molar-refractivity contribution in [1.29, 1.82) is 0 Å². The molecule has 2 saturated heterocycles. The molecule has 0 radical (unpaired) electrons. The zero-order valence-electron chi connectivity index (χ0n) is 25.7. The van der Waals surface area contributed by atoms with Crippen LogP contribution in [0.3, 0.4) is 0 Å². The Bertz CT molecular complexity index is 1570. The molecule has 4 heterocycles. The number of nitrogens with one attached hydrogen (secondary N) is 1. The molecule has 6 rings (SSSR count). The summed E-state index contributed by atoms with van der Waals surface area (Å²) in [5.74, 6) is 0.372. The fourth-order valence-corrected chi connectivity index (χ4v) is 8.15. The molecule has 2 fully saturated rings. The number of hydrogen-bond donors (Lipinski definition) is 2. The quantitative estimate of drug-likeness (QED) is 0.312. The maximum absolute atomic E-state index is 14.2. The number of aromatic nitrogens is 1. The lowest BCUT2D eigenvalue weighted by atomic mass is 9.89. The lowest BCUT2D eigenvalue weighted by Gasteiger charge is -2.42. The number of benzene rings is 2. The zero-order valence-corrected chi connectivity index (χ0v) is 28.9. The van der Waals surface area contributed by atoms with Gasteiger partial charge in [0, 0.05) is 70.3 Å². The summed E-state index contributed by atoms with van der Waals surface area (Å²) >= 11 is 6.82. The van der Waals surface area contributed by atoms with Crippen LogP contribution < -0.4 is 5.32 Å². The predicted molar refractivity (Wildman–Crippen MR) is 183 cm³/mol. The van der Waals surface area contributed by atoms with Crippen LogP contribution in [-0.2, 0) is 17.8 Å². The second-order valence-corrected chi connectivity index (χ2v) is 14.0. The number of rotatable bonds is 6. The van der Waals surface area contributed by atoms with Crippen LogP contribution in [-0.4, -0.2) is 93.0 Å². The van der Waals surface area contributed by atoms with Gasteiger partial charge in [-0.3, -0.25) is 9.78 Å². The Balaban J connectivity index is 1.14. The van der Waals surface area contributed by atoms with Crippen molar-refractivity contribution in [3.63, 3.8) is 0 Å². The second-order valence-electron chi connectivity index (χ2n) is 12.3. The van der Waals surface area contributed by atoms with Crippen LogP contribution in [0.15, 0.2) is 69.9 Å².